The average molecular weight is 1340 g/mol. The number of amides is 11. The Balaban J connectivity index is 1.04. The molecule has 0 radical (unpaired) electrons. The number of aliphatic hydroxyl groups is 1. The molecule has 8 N–H and O–H groups in total. The minimum Gasteiger partial charge on any atom is -0.458 e. The Hall–Kier alpha value is -8.99. The first-order chi connectivity index (χ1) is 44.9. The maximum absolute atomic E-state index is 15.8. The van der Waals surface area contributed by atoms with E-state index in [2.05, 4.69) is 26.6 Å². The van der Waals surface area contributed by atoms with E-state index < -0.39 is 101 Å². The number of aromatic nitrogens is 2. The summed E-state index contributed by atoms with van der Waals surface area (Å²) in [5.41, 5.74) is 6.41. The Morgan fingerprint density at radius 2 is 1.63 bits per heavy atom. The van der Waals surface area contributed by atoms with Crippen molar-refractivity contribution >= 4 is 93.7 Å². The van der Waals surface area contributed by atoms with E-state index in [1.54, 1.807) is 39.8 Å². The minimum atomic E-state index is -2.12. The van der Waals surface area contributed by atoms with Gasteiger partial charge in [0.15, 0.2) is 5.60 Å². The lowest BCUT2D eigenvalue weighted by Gasteiger charge is -2.31. The van der Waals surface area contributed by atoms with E-state index in [1.807, 2.05) is 13.8 Å². The molecule has 0 saturated carbocycles. The summed E-state index contributed by atoms with van der Waals surface area (Å²) in [7, 11) is 4.34. The number of benzene rings is 2. The first-order valence-corrected chi connectivity index (χ1v) is 32.9. The summed E-state index contributed by atoms with van der Waals surface area (Å²) in [6.45, 7) is 10.3. The largest absolute Gasteiger partial charge is 0.458 e. The first kappa shape index (κ1) is 71.9. The molecule has 0 spiro atoms. The van der Waals surface area contributed by atoms with Gasteiger partial charge in [-0.1, -0.05) is 53.2 Å². The highest BCUT2D eigenvalue weighted by Crippen LogP contribution is 2.46. The van der Waals surface area contributed by atoms with Crippen LogP contribution in [0.5, 0.6) is 0 Å². The standard InChI is InChI=1S/C66H85FN12O15S/c1-11-66(92)43-25-49-58-40(29-79(49)61(87)42(43)33-93-63(66)89)56-46(22-21-39-36(6)44(67)26-48(70-58)55(39)56)73-65(91)94-32-41-38(28-76(9)54(84)31-77(10)53(83)30-75(8)37(7)80)17-15-18-45(41)71-59(85)47(19-16-23-69-64(68)90)72-60(86)57(34(2)3)74-51(81)20-13-12-14-24-78-52(82)27-50(62(78)88)95-35(4)5/h15,17-18,25-26,34-35,46-47,50,57,92H,11-14,16,19-24,27-33H2,1-10H3,(H,71,85)(H,72,86)(H,73,91)(H,74,81)(H3,68,69,90)/t46-,47-,50?,57-,66-/m0/s1. The van der Waals surface area contributed by atoms with Crippen LogP contribution in [-0.2, 0) is 90.9 Å². The number of anilines is 1. The number of rotatable bonds is 28. The van der Waals surface area contributed by atoms with Crippen LogP contribution >= 0.6 is 11.8 Å². The molecule has 5 heterocycles. The van der Waals surface area contributed by atoms with E-state index >= 15 is 4.39 Å². The normalized spacial score (nSPS) is 17.5. The molecule has 1 fully saturated rings. The molecule has 11 amide bonds. The van der Waals surface area contributed by atoms with Crippen LogP contribution in [0.15, 0.2) is 35.1 Å². The molecule has 3 aliphatic heterocycles. The van der Waals surface area contributed by atoms with Crippen molar-refractivity contribution in [3.05, 3.63) is 91.0 Å². The molecule has 29 heteroatoms. The highest BCUT2D eigenvalue weighted by molar-refractivity contribution is 8.01. The molecule has 1 aliphatic carbocycles. The molecule has 2 aromatic heterocycles. The molecule has 1 saturated heterocycles. The lowest BCUT2D eigenvalue weighted by atomic mass is 9.81. The Morgan fingerprint density at radius 1 is 0.916 bits per heavy atom. The second kappa shape index (κ2) is 30.6. The van der Waals surface area contributed by atoms with Crippen LogP contribution in [0, 0.1) is 18.7 Å². The van der Waals surface area contributed by atoms with Crippen LogP contribution in [0.1, 0.15) is 150 Å². The van der Waals surface area contributed by atoms with Crippen molar-refractivity contribution in [2.75, 3.05) is 52.6 Å². The Kier molecular flexibility index (Phi) is 23.1. The Morgan fingerprint density at radius 3 is 2.32 bits per heavy atom. The summed E-state index contributed by atoms with van der Waals surface area (Å²) >= 11 is 1.45. The predicted molar refractivity (Wildman–Crippen MR) is 348 cm³/mol. The van der Waals surface area contributed by atoms with Gasteiger partial charge < -0.3 is 66.2 Å². The fraction of sp³-hybridized carbons (Fsp3) is 0.530. The van der Waals surface area contributed by atoms with Crippen LogP contribution in [-0.4, -0.2) is 170 Å². The van der Waals surface area contributed by atoms with Gasteiger partial charge in [-0.15, -0.1) is 11.8 Å². The molecule has 4 aliphatic rings. The summed E-state index contributed by atoms with van der Waals surface area (Å²) in [5, 5.41) is 25.8. The molecule has 2 aromatic carbocycles. The number of likely N-dealkylation sites (N-methyl/N-ethyl adjacent to an activating group) is 3. The number of nitrogens with one attached hydrogen (secondary N) is 5. The van der Waals surface area contributed by atoms with E-state index in [0.29, 0.717) is 58.9 Å². The van der Waals surface area contributed by atoms with Crippen molar-refractivity contribution < 1.29 is 71.7 Å². The van der Waals surface area contributed by atoms with Gasteiger partial charge in [-0.2, -0.15) is 0 Å². The number of fused-ring (bicyclic) bond motifs is 5. The lowest BCUT2D eigenvalue weighted by Crippen LogP contribution is -2.54. The number of halogens is 1. The van der Waals surface area contributed by atoms with E-state index in [1.165, 1.54) is 82.2 Å². The number of carbonyl (C=O) groups excluding carboxylic acids is 11. The van der Waals surface area contributed by atoms with Gasteiger partial charge in [0.1, 0.15) is 31.1 Å². The van der Waals surface area contributed by atoms with Gasteiger partial charge in [0, 0.05) is 94.4 Å². The second-order valence-electron chi connectivity index (χ2n) is 25.3. The van der Waals surface area contributed by atoms with Crippen molar-refractivity contribution in [1.82, 2.24) is 50.4 Å². The van der Waals surface area contributed by atoms with E-state index in [-0.39, 0.29) is 147 Å². The van der Waals surface area contributed by atoms with E-state index in [0.717, 1.165) is 0 Å². The summed E-state index contributed by atoms with van der Waals surface area (Å²) in [6, 6.07) is 3.45. The first-order valence-electron chi connectivity index (χ1n) is 31.9. The second-order valence-corrected chi connectivity index (χ2v) is 27.1. The lowest BCUT2D eigenvalue weighted by molar-refractivity contribution is -0.172. The van der Waals surface area contributed by atoms with Gasteiger partial charge >= 0.3 is 18.1 Å². The molecule has 512 valence electrons. The number of ether oxygens (including phenoxy) is 2. The number of alkyl carbamates (subject to hydrolysis) is 1. The number of hydrogen-bond acceptors (Lipinski definition) is 17. The molecule has 0 bridgehead atoms. The number of hydrogen-bond donors (Lipinski definition) is 7. The van der Waals surface area contributed by atoms with E-state index in [4.69, 9.17) is 20.2 Å². The number of likely N-dealkylation sites (tertiary alicyclic amines) is 1. The van der Waals surface area contributed by atoms with Crippen molar-refractivity contribution in [1.29, 1.82) is 0 Å². The van der Waals surface area contributed by atoms with Gasteiger partial charge in [0.05, 0.1) is 53.4 Å². The van der Waals surface area contributed by atoms with Crippen LogP contribution in [0.2, 0.25) is 0 Å². The number of pyridine rings is 2. The maximum Gasteiger partial charge on any atom is 0.407 e. The van der Waals surface area contributed by atoms with E-state index in [9.17, 15) is 62.6 Å². The van der Waals surface area contributed by atoms with Crippen molar-refractivity contribution in [3.8, 4) is 11.4 Å². The zero-order valence-corrected chi connectivity index (χ0v) is 56.1. The number of urea groups is 1. The molecular weight excluding hydrogens is 1250 g/mol. The maximum atomic E-state index is 15.8. The third kappa shape index (κ3) is 16.2. The predicted octanol–water partition coefficient (Wildman–Crippen LogP) is 4.18. The number of cyclic esters (lactones) is 1. The summed E-state index contributed by atoms with van der Waals surface area (Å²) in [6.07, 6.45) is 1.13. The van der Waals surface area contributed by atoms with Crippen molar-refractivity contribution in [2.24, 2.45) is 11.7 Å². The highest BCUT2D eigenvalue weighted by Gasteiger charge is 2.46. The molecular formula is C66H85FN12O15S. The Bertz CT molecular complexity index is 3800. The quantitative estimate of drug-likeness (QED) is 0.0210. The monoisotopic (exact) mass is 1340 g/mol. The molecule has 4 aromatic rings. The number of carbonyl (C=O) groups is 11. The highest BCUT2D eigenvalue weighted by atomic mass is 32.2. The number of primary amides is 1. The molecule has 1 unspecified atom stereocenters. The zero-order valence-electron chi connectivity index (χ0n) is 55.3. The topological polar surface area (TPSA) is 360 Å². The van der Waals surface area contributed by atoms with Crippen LogP contribution < -0.4 is 37.9 Å². The minimum absolute atomic E-state index is 0.0142. The van der Waals surface area contributed by atoms with Crippen molar-refractivity contribution in [2.45, 2.75) is 173 Å². The average Bonchev–Trinajstić information content (AvgIpc) is 1.62. The van der Waals surface area contributed by atoms with Gasteiger partial charge in [0.2, 0.25) is 47.3 Å². The number of thioether (sulfide) groups is 1. The van der Waals surface area contributed by atoms with Crippen LogP contribution in [0.25, 0.3) is 22.3 Å². The third-order valence-electron chi connectivity index (χ3n) is 17.9. The number of unbranched alkanes of at least 4 members (excludes halogenated alkanes) is 2. The Labute approximate surface area is 553 Å². The summed E-state index contributed by atoms with van der Waals surface area (Å²) < 4.78 is 28.6. The molecule has 27 nitrogen and oxygen atoms in total. The summed E-state index contributed by atoms with van der Waals surface area (Å²) in [5.74, 6) is -5.63. The third-order valence-corrected chi connectivity index (χ3v) is 19.1. The smallest absolute Gasteiger partial charge is 0.407 e. The molecule has 8 rings (SSSR count). The van der Waals surface area contributed by atoms with Crippen LogP contribution in [0.3, 0.4) is 0 Å². The fourth-order valence-electron chi connectivity index (χ4n) is 12.4. The van der Waals surface area contributed by atoms with Gasteiger partial charge in [0.25, 0.3) is 5.56 Å². The number of nitrogens with zero attached hydrogens (tertiary/aromatic N) is 6. The number of nitrogens with two attached hydrogens (primary N) is 1. The fourth-order valence-corrected chi connectivity index (χ4v) is 13.5. The zero-order chi connectivity index (χ0) is 69.5. The van der Waals surface area contributed by atoms with Crippen LogP contribution in [0.4, 0.5) is 19.7 Å². The van der Waals surface area contributed by atoms with Gasteiger partial charge in [-0.05, 0) is 97.4 Å². The summed E-state index contributed by atoms with van der Waals surface area (Å²) in [4.78, 5) is 170. The number of imide groups is 1. The molecule has 95 heavy (non-hydrogen) atoms. The number of esters is 1. The number of aryl methyl sites for hydroxylation is 1. The van der Waals surface area contributed by atoms with Gasteiger partial charge in [-0.3, -0.25) is 48.1 Å². The SMILES string of the molecule is CC[C@@]1(O)C(=O)OCc2c1cc1n(c2=O)Cc2c-1nc1cc(F)c(C)c3c1c2[C@@H](NC(=O)OCc1c(CN(C)C(=O)CN(C)C(=O)CN(C)C(C)=O)cccc1NC(=O)[C@H](CCCNC(N)=O)NC(=O)[C@@H](NC(=O)CCCCCN1C(=O)CC(SC(C)C)C1=O)C(C)C)CC3. The molecule has 5 atom stereocenters. The van der Waals surface area contributed by atoms with Gasteiger partial charge in [-0.25, -0.2) is 23.8 Å². The van der Waals surface area contributed by atoms with Crippen molar-refractivity contribution in [3.63, 3.8) is 0 Å².